The number of fused-ring (bicyclic) bond motifs is 1. The fourth-order valence-corrected chi connectivity index (χ4v) is 3.49. The molecule has 136 valence electrons. The molecule has 1 unspecified atom stereocenters. The van der Waals surface area contributed by atoms with Crippen molar-refractivity contribution in [1.29, 1.82) is 0 Å². The lowest BCUT2D eigenvalue weighted by molar-refractivity contribution is -0.130. The molecule has 6 heteroatoms. The van der Waals surface area contributed by atoms with E-state index >= 15 is 0 Å². The lowest BCUT2D eigenvalue weighted by Crippen LogP contribution is -2.43. The number of anilines is 1. The molecule has 2 heterocycles. The number of hydrogen-bond donors (Lipinski definition) is 1. The van der Waals surface area contributed by atoms with Gasteiger partial charge in [-0.2, -0.15) is 0 Å². The summed E-state index contributed by atoms with van der Waals surface area (Å²) in [6.07, 6.45) is 2.85. The Morgan fingerprint density at radius 1 is 1.31 bits per heavy atom. The highest BCUT2D eigenvalue weighted by molar-refractivity contribution is 5.96. The molecule has 1 saturated heterocycles. The van der Waals surface area contributed by atoms with Crippen molar-refractivity contribution in [3.05, 3.63) is 52.8 Å². The van der Waals surface area contributed by atoms with Crippen molar-refractivity contribution in [2.24, 2.45) is 13.0 Å². The largest absolute Gasteiger partial charge is 0.338 e. The Bertz CT molecular complexity index is 945. The number of nitrogens with one attached hydrogen (secondary N) is 1. The molecule has 0 spiro atoms. The minimum absolute atomic E-state index is 0.0246. The second-order valence-corrected chi connectivity index (χ2v) is 6.78. The SMILES string of the molecule is C=CC(=O)N1CCCC(C(=O)Nc2ccc3c(c2)cc(C)c(=O)n3C)C1. The summed E-state index contributed by atoms with van der Waals surface area (Å²) in [5.41, 5.74) is 2.14. The lowest BCUT2D eigenvalue weighted by atomic mass is 9.97. The Kier molecular flexibility index (Phi) is 4.93. The molecule has 1 aromatic carbocycles. The molecule has 0 saturated carbocycles. The minimum Gasteiger partial charge on any atom is -0.338 e. The molecule has 1 N–H and O–H groups in total. The number of piperidine rings is 1. The van der Waals surface area contributed by atoms with Gasteiger partial charge < -0.3 is 14.8 Å². The number of amides is 2. The lowest BCUT2D eigenvalue weighted by Gasteiger charge is -2.31. The van der Waals surface area contributed by atoms with Gasteiger partial charge in [-0.15, -0.1) is 0 Å². The molecule has 26 heavy (non-hydrogen) atoms. The van der Waals surface area contributed by atoms with Gasteiger partial charge in [0.05, 0.1) is 11.4 Å². The van der Waals surface area contributed by atoms with Gasteiger partial charge in [0.1, 0.15) is 0 Å². The molecule has 1 aliphatic heterocycles. The number of nitrogens with zero attached hydrogens (tertiary/aromatic N) is 2. The van der Waals surface area contributed by atoms with Crippen LogP contribution in [0.1, 0.15) is 18.4 Å². The highest BCUT2D eigenvalue weighted by Crippen LogP contribution is 2.22. The predicted octanol–water partition coefficient (Wildman–Crippen LogP) is 2.21. The van der Waals surface area contributed by atoms with Crippen molar-refractivity contribution in [1.82, 2.24) is 9.47 Å². The Hall–Kier alpha value is -2.89. The van der Waals surface area contributed by atoms with E-state index in [1.54, 1.807) is 29.5 Å². The number of likely N-dealkylation sites (tertiary alicyclic amines) is 1. The van der Waals surface area contributed by atoms with E-state index in [0.717, 1.165) is 23.7 Å². The first-order valence-corrected chi connectivity index (χ1v) is 8.73. The molecule has 0 radical (unpaired) electrons. The summed E-state index contributed by atoms with van der Waals surface area (Å²) < 4.78 is 1.61. The minimum atomic E-state index is -0.231. The summed E-state index contributed by atoms with van der Waals surface area (Å²) in [6, 6.07) is 7.33. The number of pyridine rings is 1. The van der Waals surface area contributed by atoms with E-state index in [0.29, 0.717) is 24.3 Å². The Balaban J connectivity index is 1.79. The zero-order valence-corrected chi connectivity index (χ0v) is 15.1. The third kappa shape index (κ3) is 3.40. The van der Waals surface area contributed by atoms with Crippen molar-refractivity contribution in [2.75, 3.05) is 18.4 Å². The summed E-state index contributed by atoms with van der Waals surface area (Å²) in [4.78, 5) is 38.1. The molecule has 0 bridgehead atoms. The van der Waals surface area contributed by atoms with Crippen molar-refractivity contribution in [2.45, 2.75) is 19.8 Å². The quantitative estimate of drug-likeness (QED) is 0.860. The number of carbonyl (C=O) groups excluding carboxylic acids is 2. The van der Waals surface area contributed by atoms with Gasteiger partial charge in [-0.05, 0) is 50.1 Å². The van der Waals surface area contributed by atoms with Gasteiger partial charge in [0, 0.05) is 36.8 Å². The maximum atomic E-state index is 12.6. The molecule has 1 aromatic heterocycles. The van der Waals surface area contributed by atoms with Crippen LogP contribution in [0.3, 0.4) is 0 Å². The Labute approximate surface area is 152 Å². The van der Waals surface area contributed by atoms with Crippen LogP contribution in [0.5, 0.6) is 0 Å². The summed E-state index contributed by atoms with van der Waals surface area (Å²) >= 11 is 0. The molecular weight excluding hydrogens is 330 g/mol. The number of aryl methyl sites for hydroxylation is 2. The zero-order chi connectivity index (χ0) is 18.8. The van der Waals surface area contributed by atoms with E-state index < -0.39 is 0 Å². The van der Waals surface area contributed by atoms with Crippen LogP contribution in [0.2, 0.25) is 0 Å². The van der Waals surface area contributed by atoms with Crippen molar-refractivity contribution >= 4 is 28.4 Å². The average molecular weight is 353 g/mol. The summed E-state index contributed by atoms with van der Waals surface area (Å²) in [5.74, 6) is -0.456. The molecule has 3 rings (SSSR count). The Morgan fingerprint density at radius 3 is 2.81 bits per heavy atom. The van der Waals surface area contributed by atoms with E-state index in [-0.39, 0.29) is 23.3 Å². The number of carbonyl (C=O) groups is 2. The van der Waals surface area contributed by atoms with E-state index in [4.69, 9.17) is 0 Å². The molecular formula is C20H23N3O3. The van der Waals surface area contributed by atoms with E-state index in [1.807, 2.05) is 18.2 Å². The van der Waals surface area contributed by atoms with E-state index in [9.17, 15) is 14.4 Å². The highest BCUT2D eigenvalue weighted by Gasteiger charge is 2.27. The Morgan fingerprint density at radius 2 is 2.08 bits per heavy atom. The number of rotatable bonds is 3. The first kappa shape index (κ1) is 17.9. The van der Waals surface area contributed by atoms with Crippen LogP contribution in [-0.4, -0.2) is 34.4 Å². The number of hydrogen-bond acceptors (Lipinski definition) is 3. The molecule has 2 amide bonds. The fraction of sp³-hybridized carbons (Fsp3) is 0.350. The van der Waals surface area contributed by atoms with Gasteiger partial charge in [-0.1, -0.05) is 6.58 Å². The topological polar surface area (TPSA) is 71.4 Å². The van der Waals surface area contributed by atoms with Crippen LogP contribution in [-0.2, 0) is 16.6 Å². The number of benzene rings is 1. The van der Waals surface area contributed by atoms with Crippen LogP contribution in [0.4, 0.5) is 5.69 Å². The zero-order valence-electron chi connectivity index (χ0n) is 15.1. The van der Waals surface area contributed by atoms with Gasteiger partial charge >= 0.3 is 0 Å². The van der Waals surface area contributed by atoms with Gasteiger partial charge in [0.25, 0.3) is 5.56 Å². The smallest absolute Gasteiger partial charge is 0.253 e. The summed E-state index contributed by atoms with van der Waals surface area (Å²) in [6.45, 7) is 6.36. The third-order valence-corrected chi connectivity index (χ3v) is 4.95. The predicted molar refractivity (Wildman–Crippen MR) is 102 cm³/mol. The first-order chi connectivity index (χ1) is 12.4. The average Bonchev–Trinajstić information content (AvgIpc) is 2.65. The molecule has 0 aliphatic carbocycles. The van der Waals surface area contributed by atoms with Gasteiger partial charge in [-0.3, -0.25) is 14.4 Å². The first-order valence-electron chi connectivity index (χ1n) is 8.73. The van der Waals surface area contributed by atoms with Gasteiger partial charge in [0.15, 0.2) is 0 Å². The van der Waals surface area contributed by atoms with Crippen molar-refractivity contribution in [3.8, 4) is 0 Å². The third-order valence-electron chi connectivity index (χ3n) is 4.95. The van der Waals surface area contributed by atoms with Gasteiger partial charge in [0.2, 0.25) is 11.8 Å². The molecule has 2 aromatic rings. The van der Waals surface area contributed by atoms with Crippen LogP contribution < -0.4 is 10.9 Å². The van der Waals surface area contributed by atoms with Crippen LogP contribution >= 0.6 is 0 Å². The van der Waals surface area contributed by atoms with Crippen molar-refractivity contribution < 1.29 is 9.59 Å². The second-order valence-electron chi connectivity index (χ2n) is 6.78. The number of aromatic nitrogens is 1. The molecule has 1 aliphatic rings. The van der Waals surface area contributed by atoms with E-state index in [2.05, 4.69) is 11.9 Å². The fourth-order valence-electron chi connectivity index (χ4n) is 3.49. The molecule has 6 nitrogen and oxygen atoms in total. The summed E-state index contributed by atoms with van der Waals surface area (Å²) in [7, 11) is 1.74. The normalized spacial score (nSPS) is 17.2. The van der Waals surface area contributed by atoms with Crippen LogP contribution in [0, 0.1) is 12.8 Å². The van der Waals surface area contributed by atoms with Crippen LogP contribution in [0.25, 0.3) is 10.9 Å². The van der Waals surface area contributed by atoms with E-state index in [1.165, 1.54) is 6.08 Å². The maximum Gasteiger partial charge on any atom is 0.253 e. The summed E-state index contributed by atoms with van der Waals surface area (Å²) in [5, 5.41) is 3.84. The molecule has 1 atom stereocenters. The van der Waals surface area contributed by atoms with Gasteiger partial charge in [-0.25, -0.2) is 0 Å². The standard InChI is InChI=1S/C20H23N3O3/c1-4-18(24)23-9-5-6-14(12-23)19(25)21-16-7-8-17-15(11-16)10-13(2)20(26)22(17)3/h4,7-8,10-11,14H,1,5-6,9,12H2,2-3H3,(H,21,25). The van der Waals surface area contributed by atoms with Crippen molar-refractivity contribution in [3.63, 3.8) is 0 Å². The van der Waals surface area contributed by atoms with Crippen LogP contribution in [0.15, 0.2) is 41.7 Å². The molecule has 1 fully saturated rings. The highest BCUT2D eigenvalue weighted by atomic mass is 16.2. The maximum absolute atomic E-state index is 12.6. The second kappa shape index (κ2) is 7.15. The monoisotopic (exact) mass is 353 g/mol.